The number of aryl methyl sites for hydroxylation is 2. The molecule has 1 amide bonds. The van der Waals surface area contributed by atoms with Gasteiger partial charge in [0.1, 0.15) is 5.76 Å². The average Bonchev–Trinajstić information content (AvgIpc) is 3.17. The third-order valence-corrected chi connectivity index (χ3v) is 6.42. The van der Waals surface area contributed by atoms with E-state index in [0.29, 0.717) is 18.7 Å². The van der Waals surface area contributed by atoms with Crippen molar-refractivity contribution < 1.29 is 9.21 Å². The summed E-state index contributed by atoms with van der Waals surface area (Å²) in [5.74, 6) is 0.995. The molecule has 0 saturated carbocycles. The highest BCUT2D eigenvalue weighted by atomic mass is 16.3. The molecule has 29 heavy (non-hydrogen) atoms. The van der Waals surface area contributed by atoms with Crippen LogP contribution in [0.5, 0.6) is 0 Å². The van der Waals surface area contributed by atoms with Crippen LogP contribution in [-0.2, 0) is 13.0 Å². The van der Waals surface area contributed by atoms with Crippen LogP contribution in [0.1, 0.15) is 66.4 Å². The van der Waals surface area contributed by atoms with Crippen LogP contribution < -0.4 is 5.32 Å². The minimum Gasteiger partial charge on any atom is -0.456 e. The molecule has 1 N–H and O–H groups in total. The summed E-state index contributed by atoms with van der Waals surface area (Å²) in [4.78, 5) is 12.5. The van der Waals surface area contributed by atoms with Crippen LogP contribution in [0.3, 0.4) is 0 Å². The van der Waals surface area contributed by atoms with Gasteiger partial charge in [0.15, 0.2) is 5.76 Å². The fourth-order valence-electron chi connectivity index (χ4n) is 3.79. The van der Waals surface area contributed by atoms with Gasteiger partial charge in [0.2, 0.25) is 0 Å². The molecular weight excluding hydrogens is 358 g/mol. The molecule has 0 fully saturated rings. The van der Waals surface area contributed by atoms with Gasteiger partial charge < -0.3 is 9.73 Å². The maximum Gasteiger partial charge on any atom is 0.287 e. The van der Waals surface area contributed by atoms with E-state index < -0.39 is 0 Å². The van der Waals surface area contributed by atoms with E-state index in [9.17, 15) is 4.79 Å². The van der Waals surface area contributed by atoms with Crippen molar-refractivity contribution >= 4 is 5.91 Å². The second-order valence-electron chi connectivity index (χ2n) is 8.15. The van der Waals surface area contributed by atoms with E-state index in [1.807, 2.05) is 12.1 Å². The first-order chi connectivity index (χ1) is 13.7. The molecule has 0 aliphatic heterocycles. The van der Waals surface area contributed by atoms with Crippen molar-refractivity contribution in [1.29, 1.82) is 0 Å². The monoisotopic (exact) mass is 389 g/mol. The Morgan fingerprint density at radius 3 is 2.03 bits per heavy atom. The molecule has 2 aromatic carbocycles. The molecular formula is C26H31NO2. The molecule has 3 heteroatoms. The van der Waals surface area contributed by atoms with Crippen LogP contribution in [-0.4, -0.2) is 5.91 Å². The second-order valence-corrected chi connectivity index (χ2v) is 8.15. The molecule has 0 saturated heterocycles. The fraction of sp³-hybridized carbons (Fsp3) is 0.346. The van der Waals surface area contributed by atoms with Crippen LogP contribution in [0.15, 0.2) is 34.7 Å². The van der Waals surface area contributed by atoms with Gasteiger partial charge in [0.25, 0.3) is 5.91 Å². The van der Waals surface area contributed by atoms with Crippen molar-refractivity contribution in [2.24, 2.45) is 0 Å². The Hall–Kier alpha value is -2.81. The zero-order valence-corrected chi connectivity index (χ0v) is 18.6. The number of carbonyl (C=O) groups excluding carboxylic acids is 1. The molecule has 152 valence electrons. The molecule has 0 bridgehead atoms. The Labute approximate surface area is 174 Å². The van der Waals surface area contributed by atoms with Gasteiger partial charge in [-0.3, -0.25) is 4.79 Å². The van der Waals surface area contributed by atoms with Gasteiger partial charge in [0, 0.05) is 13.0 Å². The summed E-state index contributed by atoms with van der Waals surface area (Å²) >= 11 is 0. The Morgan fingerprint density at radius 2 is 1.41 bits per heavy atom. The molecule has 0 aliphatic carbocycles. The fourth-order valence-corrected chi connectivity index (χ4v) is 3.79. The van der Waals surface area contributed by atoms with Crippen molar-refractivity contribution in [2.75, 3.05) is 0 Å². The van der Waals surface area contributed by atoms with Crippen LogP contribution in [0.25, 0.3) is 0 Å². The zero-order chi connectivity index (χ0) is 21.3. The molecule has 1 aromatic heterocycles. The van der Waals surface area contributed by atoms with Crippen molar-refractivity contribution in [3.63, 3.8) is 0 Å². The molecule has 0 spiro atoms. The Balaban J connectivity index is 1.72. The van der Waals surface area contributed by atoms with E-state index in [0.717, 1.165) is 11.3 Å². The first-order valence-corrected chi connectivity index (χ1v) is 10.2. The molecule has 0 aliphatic rings. The summed E-state index contributed by atoms with van der Waals surface area (Å²) in [6.45, 7) is 15.5. The van der Waals surface area contributed by atoms with Crippen LogP contribution in [0, 0.1) is 48.5 Å². The summed E-state index contributed by atoms with van der Waals surface area (Å²) < 4.78 is 5.89. The third-order valence-electron chi connectivity index (χ3n) is 6.42. The van der Waals surface area contributed by atoms with Crippen LogP contribution in [0.2, 0.25) is 0 Å². The maximum atomic E-state index is 12.5. The number of amides is 1. The Bertz CT molecular complexity index is 1040. The minimum atomic E-state index is -0.181. The first-order valence-electron chi connectivity index (χ1n) is 10.2. The lowest BCUT2D eigenvalue weighted by Crippen LogP contribution is -2.22. The van der Waals surface area contributed by atoms with E-state index >= 15 is 0 Å². The van der Waals surface area contributed by atoms with E-state index in [1.54, 1.807) is 6.07 Å². The summed E-state index contributed by atoms with van der Waals surface area (Å²) in [7, 11) is 0. The van der Waals surface area contributed by atoms with Gasteiger partial charge in [-0.15, -0.1) is 0 Å². The van der Waals surface area contributed by atoms with Crippen LogP contribution in [0.4, 0.5) is 0 Å². The average molecular weight is 390 g/mol. The minimum absolute atomic E-state index is 0.181. The van der Waals surface area contributed by atoms with E-state index in [2.05, 4.69) is 65.9 Å². The quantitative estimate of drug-likeness (QED) is 0.585. The Morgan fingerprint density at radius 1 is 0.793 bits per heavy atom. The van der Waals surface area contributed by atoms with Gasteiger partial charge in [-0.25, -0.2) is 0 Å². The number of nitrogens with one attached hydrogen (secondary N) is 1. The summed E-state index contributed by atoms with van der Waals surface area (Å²) in [5.41, 5.74) is 11.5. The lowest BCUT2D eigenvalue weighted by atomic mass is 9.88. The number of hydrogen-bond acceptors (Lipinski definition) is 2. The topological polar surface area (TPSA) is 42.2 Å². The predicted octanol–water partition coefficient (Wildman–Crippen LogP) is 5.96. The highest BCUT2D eigenvalue weighted by Gasteiger charge is 2.16. The highest BCUT2D eigenvalue weighted by Crippen LogP contribution is 2.28. The van der Waals surface area contributed by atoms with Gasteiger partial charge >= 0.3 is 0 Å². The van der Waals surface area contributed by atoms with Crippen LogP contribution >= 0.6 is 0 Å². The normalized spacial score (nSPS) is 11.0. The maximum absolute atomic E-state index is 12.5. The lowest BCUT2D eigenvalue weighted by molar-refractivity contribution is 0.0921. The molecule has 0 radical (unpaired) electrons. The SMILES string of the molecule is Cc1ccc(CNC(=O)c2ccc(Cc3c(C)c(C)c(C)c(C)c3C)o2)cc1C. The van der Waals surface area contributed by atoms with Crippen molar-refractivity contribution in [2.45, 2.75) is 61.4 Å². The molecule has 3 aromatic rings. The van der Waals surface area contributed by atoms with Crippen molar-refractivity contribution in [3.05, 3.63) is 91.9 Å². The number of benzene rings is 2. The molecule has 3 rings (SSSR count). The molecule has 0 atom stereocenters. The lowest BCUT2D eigenvalue weighted by Gasteiger charge is -2.18. The standard InChI is InChI=1S/C26H31NO2/c1-15-8-9-22(12-16(15)2)14-27-26(28)25-11-10-23(29-25)13-24-20(6)18(4)17(3)19(5)21(24)7/h8-12H,13-14H2,1-7H3,(H,27,28). The Kier molecular flexibility index (Phi) is 5.97. The summed E-state index contributed by atoms with van der Waals surface area (Å²) in [6, 6.07) is 9.91. The second kappa shape index (κ2) is 8.28. The van der Waals surface area contributed by atoms with Gasteiger partial charge in [0.05, 0.1) is 0 Å². The summed E-state index contributed by atoms with van der Waals surface area (Å²) in [5, 5.41) is 2.95. The largest absolute Gasteiger partial charge is 0.456 e. The van der Waals surface area contributed by atoms with Crippen molar-refractivity contribution in [3.8, 4) is 0 Å². The third kappa shape index (κ3) is 4.29. The number of carbonyl (C=O) groups is 1. The smallest absolute Gasteiger partial charge is 0.287 e. The molecule has 3 nitrogen and oxygen atoms in total. The van der Waals surface area contributed by atoms with E-state index in [-0.39, 0.29) is 5.91 Å². The summed E-state index contributed by atoms with van der Waals surface area (Å²) in [6.07, 6.45) is 0.698. The van der Waals surface area contributed by atoms with Gasteiger partial charge in [-0.2, -0.15) is 0 Å². The predicted molar refractivity (Wildman–Crippen MR) is 119 cm³/mol. The first kappa shape index (κ1) is 20.9. The number of hydrogen-bond donors (Lipinski definition) is 1. The van der Waals surface area contributed by atoms with Gasteiger partial charge in [-0.05, 0) is 111 Å². The van der Waals surface area contributed by atoms with E-state index in [4.69, 9.17) is 4.42 Å². The highest BCUT2D eigenvalue weighted by molar-refractivity contribution is 5.91. The van der Waals surface area contributed by atoms with Crippen molar-refractivity contribution in [1.82, 2.24) is 5.32 Å². The van der Waals surface area contributed by atoms with E-state index in [1.165, 1.54) is 44.5 Å². The molecule has 1 heterocycles. The van der Waals surface area contributed by atoms with Gasteiger partial charge in [-0.1, -0.05) is 18.2 Å². The molecule has 0 unspecified atom stereocenters. The number of rotatable bonds is 5. The zero-order valence-electron chi connectivity index (χ0n) is 18.6. The number of furan rings is 1.